The topological polar surface area (TPSA) is 46.2 Å². The van der Waals surface area contributed by atoms with Gasteiger partial charge in [0.25, 0.3) is 0 Å². The van der Waals surface area contributed by atoms with Crippen LogP contribution in [0, 0.1) is 11.7 Å². The molecule has 19 heavy (non-hydrogen) atoms. The molecule has 2 unspecified atom stereocenters. The second-order valence-corrected chi connectivity index (χ2v) is 7.95. The van der Waals surface area contributed by atoms with Crippen LogP contribution in [0.2, 0.25) is 0 Å². The van der Waals surface area contributed by atoms with Crippen molar-refractivity contribution < 1.29 is 12.8 Å². The molecule has 0 bridgehead atoms. The van der Waals surface area contributed by atoms with Gasteiger partial charge in [-0.3, -0.25) is 0 Å². The summed E-state index contributed by atoms with van der Waals surface area (Å²) >= 11 is 3.36. The number of benzene rings is 1. The van der Waals surface area contributed by atoms with Crippen LogP contribution in [0.15, 0.2) is 22.7 Å². The highest BCUT2D eigenvalue weighted by Crippen LogP contribution is 2.35. The van der Waals surface area contributed by atoms with E-state index < -0.39 is 9.84 Å². The van der Waals surface area contributed by atoms with Gasteiger partial charge in [-0.1, -0.05) is 28.9 Å². The van der Waals surface area contributed by atoms with E-state index in [2.05, 4.69) is 21.2 Å². The summed E-state index contributed by atoms with van der Waals surface area (Å²) in [5.41, 5.74) is 0.922. The number of nitrogens with one attached hydrogen (secondary N) is 1. The minimum Gasteiger partial charge on any atom is -0.310 e. The molecule has 0 saturated carbocycles. The second-order valence-electron chi connectivity index (χ2n) is 4.86. The lowest BCUT2D eigenvalue weighted by Gasteiger charge is -2.25. The maximum atomic E-state index is 13.2. The third-order valence-electron chi connectivity index (χ3n) is 3.46. The minimum atomic E-state index is -2.92. The van der Waals surface area contributed by atoms with Crippen LogP contribution in [0.3, 0.4) is 0 Å². The molecule has 1 N–H and O–H groups in total. The van der Waals surface area contributed by atoms with Gasteiger partial charge in [0.1, 0.15) is 5.82 Å². The number of hydrogen-bond acceptors (Lipinski definition) is 3. The number of rotatable bonds is 4. The van der Waals surface area contributed by atoms with E-state index in [4.69, 9.17) is 0 Å². The average molecular weight is 350 g/mol. The fourth-order valence-corrected chi connectivity index (χ4v) is 5.03. The SMILES string of the molecule is CCNC(c1ccc(F)cc1Br)C1CCS(=O)(=O)C1. The van der Waals surface area contributed by atoms with Crippen molar-refractivity contribution in [2.24, 2.45) is 5.92 Å². The maximum absolute atomic E-state index is 13.2. The smallest absolute Gasteiger partial charge is 0.150 e. The van der Waals surface area contributed by atoms with Gasteiger partial charge in [0, 0.05) is 10.5 Å². The summed E-state index contributed by atoms with van der Waals surface area (Å²) in [6.45, 7) is 2.72. The van der Waals surface area contributed by atoms with Gasteiger partial charge in [-0.25, -0.2) is 12.8 Å². The van der Waals surface area contributed by atoms with E-state index in [9.17, 15) is 12.8 Å². The minimum absolute atomic E-state index is 0.0479. The van der Waals surface area contributed by atoms with Gasteiger partial charge in [-0.2, -0.15) is 0 Å². The first-order valence-electron chi connectivity index (χ1n) is 6.31. The lowest BCUT2D eigenvalue weighted by Crippen LogP contribution is -2.29. The summed E-state index contributed by atoms with van der Waals surface area (Å²) < 4.78 is 37.1. The van der Waals surface area contributed by atoms with Crippen LogP contribution in [-0.2, 0) is 9.84 Å². The molecular formula is C13H17BrFNO2S. The highest BCUT2D eigenvalue weighted by Gasteiger charge is 2.34. The Labute approximate surface area is 121 Å². The molecule has 1 heterocycles. The van der Waals surface area contributed by atoms with Crippen molar-refractivity contribution in [1.82, 2.24) is 5.32 Å². The summed E-state index contributed by atoms with van der Waals surface area (Å²) in [6.07, 6.45) is 0.657. The van der Waals surface area contributed by atoms with Crippen LogP contribution < -0.4 is 5.32 Å². The highest BCUT2D eigenvalue weighted by atomic mass is 79.9. The first-order chi connectivity index (χ1) is 8.93. The molecule has 1 saturated heterocycles. The predicted octanol–water partition coefficient (Wildman–Crippen LogP) is 2.67. The Morgan fingerprint density at radius 2 is 2.26 bits per heavy atom. The van der Waals surface area contributed by atoms with Crippen molar-refractivity contribution in [3.05, 3.63) is 34.1 Å². The molecule has 1 aromatic rings. The van der Waals surface area contributed by atoms with Crippen molar-refractivity contribution in [2.45, 2.75) is 19.4 Å². The van der Waals surface area contributed by atoms with E-state index in [1.54, 1.807) is 6.07 Å². The van der Waals surface area contributed by atoms with Crippen molar-refractivity contribution in [1.29, 1.82) is 0 Å². The first-order valence-corrected chi connectivity index (χ1v) is 8.93. The Bertz CT molecular complexity index is 562. The molecule has 2 rings (SSSR count). The zero-order chi connectivity index (χ0) is 14.0. The first kappa shape index (κ1) is 14.9. The number of halogens is 2. The van der Waals surface area contributed by atoms with Gasteiger partial charge < -0.3 is 5.32 Å². The molecule has 0 aromatic heterocycles. The monoisotopic (exact) mass is 349 g/mol. The molecule has 1 aliphatic heterocycles. The van der Waals surface area contributed by atoms with Crippen LogP contribution in [0.1, 0.15) is 24.9 Å². The van der Waals surface area contributed by atoms with Gasteiger partial charge in [-0.05, 0) is 36.6 Å². The standard InChI is InChI=1S/C13H17BrFNO2S/c1-2-16-13(9-5-6-19(17,18)8-9)11-4-3-10(15)7-12(11)14/h3-4,7,9,13,16H,2,5-6,8H2,1H3. The average Bonchev–Trinajstić information content (AvgIpc) is 2.67. The summed E-state index contributed by atoms with van der Waals surface area (Å²) in [7, 11) is -2.92. The molecule has 2 atom stereocenters. The summed E-state index contributed by atoms with van der Waals surface area (Å²) in [5.74, 6) is 0.198. The Kier molecular flexibility index (Phi) is 4.63. The molecule has 0 spiro atoms. The van der Waals surface area contributed by atoms with Crippen molar-refractivity contribution in [3.63, 3.8) is 0 Å². The van der Waals surface area contributed by atoms with Crippen LogP contribution in [0.4, 0.5) is 4.39 Å². The molecule has 1 aliphatic rings. The third kappa shape index (κ3) is 3.55. The van der Waals surface area contributed by atoms with Crippen molar-refractivity contribution in [2.75, 3.05) is 18.1 Å². The zero-order valence-electron chi connectivity index (χ0n) is 10.7. The van der Waals surface area contributed by atoms with E-state index in [1.165, 1.54) is 12.1 Å². The molecule has 6 heteroatoms. The normalized spacial score (nSPS) is 23.4. The third-order valence-corrected chi connectivity index (χ3v) is 5.94. The maximum Gasteiger partial charge on any atom is 0.150 e. The van der Waals surface area contributed by atoms with Crippen LogP contribution in [0.5, 0.6) is 0 Å². The number of sulfone groups is 1. The second kappa shape index (κ2) is 5.89. The summed E-state index contributed by atoms with van der Waals surface area (Å²) in [6, 6.07) is 4.49. The van der Waals surface area contributed by atoms with E-state index in [0.717, 1.165) is 12.1 Å². The quantitative estimate of drug-likeness (QED) is 0.908. The highest BCUT2D eigenvalue weighted by molar-refractivity contribution is 9.10. The Morgan fingerprint density at radius 1 is 1.53 bits per heavy atom. The van der Waals surface area contributed by atoms with E-state index >= 15 is 0 Å². The van der Waals surface area contributed by atoms with Gasteiger partial charge in [0.2, 0.25) is 0 Å². The molecular weight excluding hydrogens is 333 g/mol. The number of hydrogen-bond donors (Lipinski definition) is 1. The van der Waals surface area contributed by atoms with Crippen LogP contribution in [0.25, 0.3) is 0 Å². The van der Waals surface area contributed by atoms with Gasteiger partial charge in [-0.15, -0.1) is 0 Å². The Balaban J connectivity index is 2.30. The van der Waals surface area contributed by atoms with Crippen LogP contribution >= 0.6 is 15.9 Å². The Morgan fingerprint density at radius 3 is 2.79 bits per heavy atom. The van der Waals surface area contributed by atoms with Crippen molar-refractivity contribution in [3.8, 4) is 0 Å². The van der Waals surface area contributed by atoms with E-state index in [0.29, 0.717) is 10.9 Å². The van der Waals surface area contributed by atoms with Crippen molar-refractivity contribution >= 4 is 25.8 Å². The molecule has 106 valence electrons. The molecule has 1 fully saturated rings. The fourth-order valence-electron chi connectivity index (χ4n) is 2.59. The molecule has 1 aromatic carbocycles. The zero-order valence-corrected chi connectivity index (χ0v) is 13.1. The summed E-state index contributed by atoms with van der Waals surface area (Å²) in [5, 5.41) is 3.32. The Hall–Kier alpha value is -0.460. The summed E-state index contributed by atoms with van der Waals surface area (Å²) in [4.78, 5) is 0. The van der Waals surface area contributed by atoms with Gasteiger partial charge >= 0.3 is 0 Å². The van der Waals surface area contributed by atoms with Crippen LogP contribution in [-0.4, -0.2) is 26.5 Å². The lowest BCUT2D eigenvalue weighted by molar-refractivity contribution is 0.398. The van der Waals surface area contributed by atoms with E-state index in [1.807, 2.05) is 6.92 Å². The molecule has 0 radical (unpaired) electrons. The molecule has 0 amide bonds. The molecule has 3 nitrogen and oxygen atoms in total. The van der Waals surface area contributed by atoms with E-state index in [-0.39, 0.29) is 29.3 Å². The molecule has 0 aliphatic carbocycles. The van der Waals surface area contributed by atoms with Gasteiger partial charge in [0.15, 0.2) is 9.84 Å². The lowest BCUT2D eigenvalue weighted by atomic mass is 9.92. The van der Waals surface area contributed by atoms with Gasteiger partial charge in [0.05, 0.1) is 11.5 Å². The predicted molar refractivity (Wildman–Crippen MR) is 77.3 cm³/mol. The largest absolute Gasteiger partial charge is 0.310 e. The fraction of sp³-hybridized carbons (Fsp3) is 0.538.